The number of fused-ring (bicyclic) bond motifs is 2. The lowest BCUT2D eigenvalue weighted by Gasteiger charge is -2.44. The summed E-state index contributed by atoms with van der Waals surface area (Å²) in [5.41, 5.74) is 7.11. The molecule has 2 unspecified atom stereocenters. The monoisotopic (exact) mass is 787 g/mol. The molecule has 5 fully saturated rings. The Bertz CT molecular complexity index is 2150. The van der Waals surface area contributed by atoms with Crippen molar-refractivity contribution in [3.8, 4) is 16.9 Å². The largest absolute Gasteiger partial charge is 0.489 e. The number of piperidine rings is 2. The molecule has 10 rings (SSSR count). The third kappa shape index (κ3) is 6.83. The fourth-order valence-corrected chi connectivity index (χ4v) is 10.3. The van der Waals surface area contributed by atoms with Crippen LogP contribution < -0.4 is 19.9 Å². The van der Waals surface area contributed by atoms with Crippen LogP contribution in [-0.2, 0) is 36.9 Å². The average molecular weight is 788 g/mol. The lowest BCUT2D eigenvalue weighted by molar-refractivity contribution is -0.141. The molecule has 5 aliphatic heterocycles. The summed E-state index contributed by atoms with van der Waals surface area (Å²) in [6, 6.07) is 9.50. The fourth-order valence-electron chi connectivity index (χ4n) is 10.3. The second kappa shape index (κ2) is 15.1. The van der Waals surface area contributed by atoms with E-state index in [0.717, 1.165) is 123 Å². The van der Waals surface area contributed by atoms with Crippen molar-refractivity contribution in [3.63, 3.8) is 0 Å². The van der Waals surface area contributed by atoms with E-state index in [9.17, 15) is 24.0 Å². The predicted molar refractivity (Wildman–Crippen MR) is 216 cm³/mol. The maximum absolute atomic E-state index is 13.4. The van der Waals surface area contributed by atoms with Crippen molar-refractivity contribution in [2.75, 3.05) is 42.5 Å². The normalized spacial score (nSPS) is 25.8. The summed E-state index contributed by atoms with van der Waals surface area (Å²) < 4.78 is 8.93. The summed E-state index contributed by atoms with van der Waals surface area (Å²) in [5, 5.41) is 7.30. The third-order valence-corrected chi connectivity index (χ3v) is 14.0. The molecule has 3 atom stereocenters. The zero-order valence-corrected chi connectivity index (χ0v) is 33.3. The first kappa shape index (κ1) is 37.4. The highest BCUT2D eigenvalue weighted by molar-refractivity contribution is 6.27. The van der Waals surface area contributed by atoms with E-state index in [1.807, 2.05) is 18.3 Å². The molecule has 2 aromatic carbocycles. The van der Waals surface area contributed by atoms with E-state index in [1.54, 1.807) is 4.90 Å². The molecule has 3 saturated heterocycles. The van der Waals surface area contributed by atoms with Gasteiger partial charge in [0.2, 0.25) is 23.5 Å². The van der Waals surface area contributed by atoms with Crippen molar-refractivity contribution in [1.82, 2.24) is 24.9 Å². The molecule has 6 heterocycles. The Hall–Kier alpha value is -4.88. The molecule has 3 aromatic rings. The van der Waals surface area contributed by atoms with Gasteiger partial charge in [0.15, 0.2) is 6.29 Å². The van der Waals surface area contributed by atoms with Crippen LogP contribution in [0.2, 0.25) is 0 Å². The number of ether oxygens (including phenoxy) is 1. The first-order chi connectivity index (χ1) is 28.2. The smallest absolute Gasteiger partial charge is 0.243 e. The Kier molecular flexibility index (Phi) is 9.71. The second-order valence-corrected chi connectivity index (χ2v) is 17.9. The average Bonchev–Trinajstić information content (AvgIpc) is 3.81. The molecule has 0 radical (unpaired) electrons. The minimum Gasteiger partial charge on any atom is -0.489 e. The maximum atomic E-state index is 13.4. The zero-order valence-electron chi connectivity index (χ0n) is 33.3. The molecule has 304 valence electrons. The number of amides is 3. The van der Waals surface area contributed by atoms with E-state index < -0.39 is 23.8 Å². The Morgan fingerprint density at radius 2 is 1.78 bits per heavy atom. The number of hydrogen-bond acceptors (Lipinski definition) is 10. The van der Waals surface area contributed by atoms with Crippen molar-refractivity contribution in [1.29, 1.82) is 0 Å². The van der Waals surface area contributed by atoms with E-state index in [-0.39, 0.29) is 36.3 Å². The predicted octanol–water partition coefficient (Wildman–Crippen LogP) is 4.76. The first-order valence-corrected chi connectivity index (χ1v) is 21.6. The minimum atomic E-state index is -0.820. The second-order valence-electron chi connectivity index (χ2n) is 17.9. The van der Waals surface area contributed by atoms with Crippen LogP contribution in [0.25, 0.3) is 11.1 Å². The molecular formula is C45H53N7O6. The molecule has 1 aromatic heterocycles. The number of anilines is 2. The van der Waals surface area contributed by atoms with Gasteiger partial charge in [-0.05, 0) is 107 Å². The van der Waals surface area contributed by atoms with Crippen molar-refractivity contribution in [2.45, 2.75) is 114 Å². The summed E-state index contributed by atoms with van der Waals surface area (Å²) in [6.45, 7) is 7.45. The lowest BCUT2D eigenvalue weighted by Crippen LogP contribution is -2.53. The topological polar surface area (TPSA) is 137 Å². The molecule has 2 aliphatic carbocycles. The fraction of sp³-hybridized carbons (Fsp3) is 0.556. The van der Waals surface area contributed by atoms with Gasteiger partial charge in [-0.15, -0.1) is 0 Å². The van der Waals surface area contributed by atoms with Crippen LogP contribution in [0.3, 0.4) is 0 Å². The van der Waals surface area contributed by atoms with E-state index in [4.69, 9.17) is 9.84 Å². The van der Waals surface area contributed by atoms with E-state index >= 15 is 0 Å². The number of likely N-dealkylation sites (tertiary alicyclic amines) is 1. The highest BCUT2D eigenvalue weighted by atomic mass is 16.5. The number of imide groups is 1. The molecule has 3 amide bonds. The molecule has 0 bridgehead atoms. The number of nitrogens with one attached hydrogen (secondary N) is 1. The Balaban J connectivity index is 0.764. The van der Waals surface area contributed by atoms with Crippen molar-refractivity contribution < 1.29 is 28.7 Å². The number of Topliss-reactive ketones (excluding diaryl/α,β-unsaturated/α-hetero) is 1. The quantitative estimate of drug-likeness (QED) is 0.165. The van der Waals surface area contributed by atoms with Crippen LogP contribution in [0.1, 0.15) is 99.9 Å². The summed E-state index contributed by atoms with van der Waals surface area (Å²) >= 11 is 0. The van der Waals surface area contributed by atoms with Crippen molar-refractivity contribution >= 4 is 41.2 Å². The zero-order chi connectivity index (χ0) is 39.7. The van der Waals surface area contributed by atoms with Gasteiger partial charge in [0.05, 0.1) is 30.1 Å². The van der Waals surface area contributed by atoms with Crippen LogP contribution in [0, 0.1) is 11.8 Å². The van der Waals surface area contributed by atoms with Crippen LogP contribution >= 0.6 is 0 Å². The van der Waals surface area contributed by atoms with Gasteiger partial charge >= 0.3 is 0 Å². The molecule has 1 N–H and O–H groups in total. The Morgan fingerprint density at radius 3 is 2.50 bits per heavy atom. The third-order valence-electron chi connectivity index (χ3n) is 14.0. The van der Waals surface area contributed by atoms with Gasteiger partial charge in [-0.3, -0.25) is 38.9 Å². The van der Waals surface area contributed by atoms with E-state index in [2.05, 4.69) is 56.0 Å². The Morgan fingerprint density at radius 1 is 0.966 bits per heavy atom. The molecule has 13 heteroatoms. The number of nitrogens with zero attached hydrogens (tertiary/aromatic N) is 6. The van der Waals surface area contributed by atoms with Gasteiger partial charge in [-0.2, -0.15) is 5.10 Å². The van der Waals surface area contributed by atoms with Crippen LogP contribution in [0.15, 0.2) is 42.7 Å². The van der Waals surface area contributed by atoms with Crippen molar-refractivity contribution in [2.24, 2.45) is 11.8 Å². The van der Waals surface area contributed by atoms with E-state index in [0.29, 0.717) is 31.2 Å². The van der Waals surface area contributed by atoms with Crippen LogP contribution in [-0.4, -0.2) is 100 Å². The highest BCUT2D eigenvalue weighted by Gasteiger charge is 2.44. The molecule has 0 spiro atoms. The minimum absolute atomic E-state index is 0.175. The van der Waals surface area contributed by atoms with Gasteiger partial charge in [0.1, 0.15) is 11.8 Å². The Labute approximate surface area is 339 Å². The summed E-state index contributed by atoms with van der Waals surface area (Å²) in [4.78, 5) is 71.3. The number of ketones is 1. The number of rotatable bonds is 11. The highest BCUT2D eigenvalue weighted by Crippen LogP contribution is 2.47. The van der Waals surface area contributed by atoms with Crippen molar-refractivity contribution in [3.05, 3.63) is 59.4 Å². The van der Waals surface area contributed by atoms with E-state index in [1.165, 1.54) is 12.0 Å². The maximum Gasteiger partial charge on any atom is 0.243 e. The number of carbonyl (C=O) groups excluding carboxylic acids is 5. The molecule has 58 heavy (non-hydrogen) atoms. The SMILES string of the molecule is C[C@H]1CCc2c(ccc(-c3cnn(C4CCN(CC5CN(c6ccc7c(c6)C(C(=O)C=O)N(C6CCC(=O)NC6=O)C7)C5)CC4)c3)c2OC2CCC2)N1C(=O)C1CC1. The summed E-state index contributed by atoms with van der Waals surface area (Å²) in [7, 11) is 0. The lowest BCUT2D eigenvalue weighted by atomic mass is 9.91. The molecule has 7 aliphatic rings. The summed E-state index contributed by atoms with van der Waals surface area (Å²) in [5.74, 6) is 0.652. The van der Waals surface area contributed by atoms with Crippen LogP contribution in [0.5, 0.6) is 5.75 Å². The molecular weight excluding hydrogens is 735 g/mol. The summed E-state index contributed by atoms with van der Waals surface area (Å²) in [6.07, 6.45) is 14.6. The number of carbonyl (C=O) groups is 5. The first-order valence-electron chi connectivity index (χ1n) is 21.6. The number of benzene rings is 2. The van der Waals surface area contributed by atoms with Gasteiger partial charge in [0.25, 0.3) is 0 Å². The van der Waals surface area contributed by atoms with Gasteiger partial charge < -0.3 is 19.4 Å². The number of aromatic nitrogens is 2. The standard InChI is InChI=1S/C45H53N7O6/c1-27-5-10-36-38(52(27)45(57)29-6-7-29)12-11-35(43(36)58-34-3-2-4-34)31-20-46-51(25-31)32-15-17-48(18-16-32)21-28-22-49(23-28)33-9-8-30-24-50(39-13-14-41(55)47-44(39)56)42(37(30)19-33)40(54)26-53/h8-9,11-12,19-20,25-29,32,34,39,42H,2-7,10,13-18,21-24H2,1H3,(H,47,55,56)/t27-,39?,42?/m0/s1. The van der Waals surface area contributed by atoms with Crippen LogP contribution in [0.4, 0.5) is 11.4 Å². The van der Waals surface area contributed by atoms with Gasteiger partial charge in [-0.1, -0.05) is 6.07 Å². The molecule has 13 nitrogen and oxygen atoms in total. The molecule has 2 saturated carbocycles. The van der Waals surface area contributed by atoms with Gasteiger partial charge in [-0.25, -0.2) is 0 Å². The van der Waals surface area contributed by atoms with Gasteiger partial charge in [0, 0.05) is 92.1 Å². The number of hydrogen-bond donors (Lipinski definition) is 1. The number of aldehydes is 1.